The monoisotopic (exact) mass is 536 g/mol. The van der Waals surface area contributed by atoms with Crippen LogP contribution in [-0.2, 0) is 22.6 Å². The molecule has 1 aliphatic heterocycles. The number of halogens is 1. The lowest BCUT2D eigenvalue weighted by Gasteiger charge is -2.15. The number of anilines is 1. The molecule has 4 aromatic rings. The second-order valence-corrected chi connectivity index (χ2v) is 10.4. The van der Waals surface area contributed by atoms with Crippen molar-refractivity contribution >= 4 is 17.7 Å². The summed E-state index contributed by atoms with van der Waals surface area (Å²) < 4.78 is 20.7. The fourth-order valence-corrected chi connectivity index (χ4v) is 5.18. The number of amides is 2. The summed E-state index contributed by atoms with van der Waals surface area (Å²) >= 11 is 0. The Morgan fingerprint density at radius 2 is 1.70 bits per heavy atom. The molecule has 0 bridgehead atoms. The van der Waals surface area contributed by atoms with Crippen LogP contribution in [0.1, 0.15) is 24.5 Å². The van der Waals surface area contributed by atoms with Gasteiger partial charge in [0.1, 0.15) is 5.82 Å². The quantitative estimate of drug-likeness (QED) is 0.313. The predicted molar refractivity (Wildman–Crippen MR) is 151 cm³/mol. The molecule has 2 heterocycles. The molecule has 8 heteroatoms. The van der Waals surface area contributed by atoms with E-state index in [4.69, 9.17) is 4.74 Å². The molecule has 2 atom stereocenters. The van der Waals surface area contributed by atoms with Crippen molar-refractivity contribution in [3.05, 3.63) is 108 Å². The molecule has 1 aromatic heterocycles. The van der Waals surface area contributed by atoms with E-state index < -0.39 is 17.5 Å². The van der Waals surface area contributed by atoms with Crippen LogP contribution >= 0.6 is 0 Å². The first-order valence-electron chi connectivity index (χ1n) is 13.3. The number of carbonyl (C=O) groups excluding carboxylic acids is 2. The summed E-state index contributed by atoms with van der Waals surface area (Å²) in [5.74, 6) is -0.583. The molecule has 6 rings (SSSR count). The van der Waals surface area contributed by atoms with Crippen LogP contribution in [0.3, 0.4) is 0 Å². The number of benzene rings is 3. The molecule has 3 aromatic carbocycles. The number of rotatable bonds is 8. The minimum absolute atomic E-state index is 0.166. The van der Waals surface area contributed by atoms with Gasteiger partial charge in [0, 0.05) is 43.8 Å². The van der Waals surface area contributed by atoms with Gasteiger partial charge in [0.15, 0.2) is 5.60 Å². The molecule has 2 aliphatic rings. The third-order valence-electron chi connectivity index (χ3n) is 7.44. The smallest absolute Gasteiger partial charge is 0.415 e. The topological polar surface area (TPSA) is 83.6 Å². The normalized spacial score (nSPS) is 19.5. The van der Waals surface area contributed by atoms with Crippen LogP contribution in [-0.4, -0.2) is 35.2 Å². The third kappa shape index (κ3) is 5.31. The van der Waals surface area contributed by atoms with Crippen molar-refractivity contribution in [2.75, 3.05) is 11.4 Å². The zero-order valence-corrected chi connectivity index (χ0v) is 22.1. The largest absolute Gasteiger partial charge is 0.438 e. The summed E-state index contributed by atoms with van der Waals surface area (Å²) in [6.07, 6.45) is 1.83. The zero-order chi connectivity index (χ0) is 27.7. The zero-order valence-electron chi connectivity index (χ0n) is 22.1. The van der Waals surface area contributed by atoms with Gasteiger partial charge >= 0.3 is 6.09 Å². The van der Waals surface area contributed by atoms with Crippen molar-refractivity contribution in [2.45, 2.75) is 38.1 Å². The fourth-order valence-electron chi connectivity index (χ4n) is 5.18. The molecule has 2 amide bonds. The number of aromatic nitrogens is 1. The van der Waals surface area contributed by atoms with E-state index in [1.807, 2.05) is 42.5 Å². The fraction of sp³-hybridized carbons (Fsp3) is 0.219. The molecular weight excluding hydrogens is 507 g/mol. The van der Waals surface area contributed by atoms with E-state index in [0.29, 0.717) is 24.2 Å². The van der Waals surface area contributed by atoms with E-state index in [-0.39, 0.29) is 18.5 Å². The molecule has 40 heavy (non-hydrogen) atoms. The molecule has 1 saturated carbocycles. The van der Waals surface area contributed by atoms with Gasteiger partial charge in [0.25, 0.3) is 0 Å². The first-order valence-corrected chi connectivity index (χ1v) is 13.3. The maximum atomic E-state index is 15.1. The molecule has 1 unspecified atom stereocenters. The first kappa shape index (κ1) is 25.7. The van der Waals surface area contributed by atoms with E-state index in [9.17, 15) is 9.59 Å². The summed E-state index contributed by atoms with van der Waals surface area (Å²) in [6, 6.07) is 26.6. The highest BCUT2D eigenvalue weighted by atomic mass is 19.1. The Labute approximate surface area is 232 Å². The summed E-state index contributed by atoms with van der Waals surface area (Å²) in [5.41, 5.74) is 5.24. The molecule has 1 saturated heterocycles. The van der Waals surface area contributed by atoms with Gasteiger partial charge in [-0.2, -0.15) is 0 Å². The molecule has 1 spiro atoms. The van der Waals surface area contributed by atoms with Gasteiger partial charge in [-0.15, -0.1) is 0 Å². The van der Waals surface area contributed by atoms with Gasteiger partial charge in [-0.05, 0) is 47.0 Å². The molecule has 1 aliphatic carbocycles. The molecule has 0 radical (unpaired) electrons. The maximum Gasteiger partial charge on any atom is 0.415 e. The van der Waals surface area contributed by atoms with Crippen LogP contribution in [0.15, 0.2) is 91.1 Å². The number of ether oxygens (including phenoxy) is 1. The van der Waals surface area contributed by atoms with Crippen molar-refractivity contribution < 1.29 is 18.7 Å². The predicted octanol–water partition coefficient (Wildman–Crippen LogP) is 5.45. The van der Waals surface area contributed by atoms with E-state index >= 15 is 4.39 Å². The van der Waals surface area contributed by atoms with E-state index in [1.54, 1.807) is 18.3 Å². The first-order chi connectivity index (χ1) is 19.4. The van der Waals surface area contributed by atoms with Crippen LogP contribution in [0.25, 0.3) is 22.4 Å². The van der Waals surface area contributed by atoms with E-state index in [2.05, 4.69) is 39.9 Å². The standard InChI is InChI=1S/C32H29FN4O3/c1-21(38)36-30-17-32(30)20-37(31(39)40-32)26-13-14-27(28(33)16-26)24-9-5-22(6-10-24)18-34-19-23-7-11-25(12-8-23)29-4-2-3-15-35-29/h2-16,30,34H,17-20H2,1H3,(H,36,38)/t30-,32?/m1/s1. The highest BCUT2D eigenvalue weighted by molar-refractivity contribution is 5.91. The number of carbonyl (C=O) groups is 2. The van der Waals surface area contributed by atoms with Crippen molar-refractivity contribution in [1.29, 1.82) is 0 Å². The lowest BCUT2D eigenvalue weighted by Crippen LogP contribution is -2.33. The summed E-state index contributed by atoms with van der Waals surface area (Å²) in [6.45, 7) is 3.13. The average molecular weight is 537 g/mol. The van der Waals surface area contributed by atoms with Gasteiger partial charge < -0.3 is 15.4 Å². The highest BCUT2D eigenvalue weighted by Crippen LogP contribution is 2.46. The minimum Gasteiger partial charge on any atom is -0.438 e. The lowest BCUT2D eigenvalue weighted by atomic mass is 10.0. The van der Waals surface area contributed by atoms with Gasteiger partial charge in [-0.1, -0.05) is 54.6 Å². The molecule has 2 N–H and O–H groups in total. The van der Waals surface area contributed by atoms with Gasteiger partial charge in [-0.3, -0.25) is 14.7 Å². The van der Waals surface area contributed by atoms with Crippen molar-refractivity contribution in [1.82, 2.24) is 15.6 Å². The molecular formula is C32H29FN4O3. The summed E-state index contributed by atoms with van der Waals surface area (Å²) in [4.78, 5) is 29.6. The van der Waals surface area contributed by atoms with Crippen LogP contribution < -0.4 is 15.5 Å². The van der Waals surface area contributed by atoms with E-state index in [0.717, 1.165) is 28.9 Å². The summed E-state index contributed by atoms with van der Waals surface area (Å²) in [7, 11) is 0. The maximum absolute atomic E-state index is 15.1. The molecule has 2 fully saturated rings. The van der Waals surface area contributed by atoms with Crippen LogP contribution in [0.4, 0.5) is 14.9 Å². The lowest BCUT2D eigenvalue weighted by molar-refractivity contribution is -0.119. The Morgan fingerprint density at radius 3 is 2.33 bits per heavy atom. The Kier molecular flexibility index (Phi) is 6.77. The second kappa shape index (κ2) is 10.5. The van der Waals surface area contributed by atoms with Crippen LogP contribution in [0.5, 0.6) is 0 Å². The van der Waals surface area contributed by atoms with Gasteiger partial charge in [0.2, 0.25) is 5.91 Å². The number of pyridine rings is 1. The Bertz CT molecular complexity index is 1540. The van der Waals surface area contributed by atoms with Crippen LogP contribution in [0, 0.1) is 5.82 Å². The van der Waals surface area contributed by atoms with Crippen molar-refractivity contribution in [2.24, 2.45) is 0 Å². The molecule has 7 nitrogen and oxygen atoms in total. The number of hydrogen-bond acceptors (Lipinski definition) is 5. The third-order valence-corrected chi connectivity index (χ3v) is 7.44. The Morgan fingerprint density at radius 1 is 1.00 bits per heavy atom. The Balaban J connectivity index is 1.04. The van der Waals surface area contributed by atoms with E-state index in [1.165, 1.54) is 23.5 Å². The number of nitrogens with zero attached hydrogens (tertiary/aromatic N) is 2. The summed E-state index contributed by atoms with van der Waals surface area (Å²) in [5, 5.41) is 6.25. The average Bonchev–Trinajstić information content (AvgIpc) is 3.49. The minimum atomic E-state index is -0.717. The highest BCUT2D eigenvalue weighted by Gasteiger charge is 2.64. The van der Waals surface area contributed by atoms with Crippen LogP contribution in [0.2, 0.25) is 0 Å². The van der Waals surface area contributed by atoms with Gasteiger partial charge in [-0.25, -0.2) is 9.18 Å². The Hall–Kier alpha value is -4.56. The van der Waals surface area contributed by atoms with Crippen molar-refractivity contribution in [3.8, 4) is 22.4 Å². The van der Waals surface area contributed by atoms with Crippen molar-refractivity contribution in [3.63, 3.8) is 0 Å². The number of hydrogen-bond donors (Lipinski definition) is 2. The second-order valence-electron chi connectivity index (χ2n) is 10.4. The van der Waals surface area contributed by atoms with Gasteiger partial charge in [0.05, 0.1) is 24.0 Å². The number of nitrogens with one attached hydrogen (secondary N) is 2. The molecule has 202 valence electrons. The SMILES string of the molecule is CC(=O)N[C@@H]1CC12CN(c1ccc(-c3ccc(CNCc4ccc(-c5ccccn5)cc4)cc3)c(F)c1)C(=O)O2.